The van der Waals surface area contributed by atoms with E-state index in [0.29, 0.717) is 11.8 Å². The van der Waals surface area contributed by atoms with Gasteiger partial charge in [-0.2, -0.15) is 0 Å². The number of carbonyl (C=O) groups excluding carboxylic acids is 1. The fraction of sp³-hybridized carbons (Fsp3) is 0.588. The molecule has 1 aliphatic rings. The van der Waals surface area contributed by atoms with Crippen LogP contribution >= 0.6 is 11.6 Å². The molecule has 1 fully saturated rings. The quantitative estimate of drug-likeness (QED) is 0.753. The number of alkyl halides is 1. The van der Waals surface area contributed by atoms with Crippen molar-refractivity contribution < 1.29 is 4.79 Å². The maximum Gasteiger partial charge on any atom is 0.253 e. The second-order valence-electron chi connectivity index (χ2n) is 6.72. The topological polar surface area (TPSA) is 20.3 Å². The molecule has 0 atom stereocenters. The molecule has 1 aliphatic heterocycles. The van der Waals surface area contributed by atoms with Crippen LogP contribution in [0.2, 0.25) is 0 Å². The summed E-state index contributed by atoms with van der Waals surface area (Å²) in [5.41, 5.74) is 2.18. The van der Waals surface area contributed by atoms with Crippen LogP contribution in [0.15, 0.2) is 24.3 Å². The highest BCUT2D eigenvalue weighted by atomic mass is 35.5. The van der Waals surface area contributed by atoms with Gasteiger partial charge in [-0.3, -0.25) is 4.79 Å². The Morgan fingerprint density at radius 3 is 2.20 bits per heavy atom. The second-order valence-corrected chi connectivity index (χ2v) is 7.03. The Kier molecular flexibility index (Phi) is 4.74. The fourth-order valence-corrected chi connectivity index (χ4v) is 2.89. The summed E-state index contributed by atoms with van der Waals surface area (Å²) >= 11 is 5.88. The first-order chi connectivity index (χ1) is 9.41. The van der Waals surface area contributed by atoms with E-state index < -0.39 is 0 Å². The van der Waals surface area contributed by atoms with Gasteiger partial charge in [0.15, 0.2) is 0 Å². The number of rotatable bonds is 2. The van der Waals surface area contributed by atoms with Gasteiger partial charge >= 0.3 is 0 Å². The molecule has 0 aliphatic carbocycles. The van der Waals surface area contributed by atoms with E-state index in [1.54, 1.807) is 0 Å². The van der Waals surface area contributed by atoms with Crippen molar-refractivity contribution in [3.63, 3.8) is 0 Å². The van der Waals surface area contributed by atoms with E-state index in [9.17, 15) is 4.79 Å². The van der Waals surface area contributed by atoms with Gasteiger partial charge in [-0.1, -0.05) is 32.9 Å². The number of halogens is 1. The van der Waals surface area contributed by atoms with Crippen LogP contribution in [0.1, 0.15) is 49.5 Å². The molecule has 2 rings (SSSR count). The van der Waals surface area contributed by atoms with Crippen LogP contribution in [0.5, 0.6) is 0 Å². The zero-order chi connectivity index (χ0) is 14.8. The highest BCUT2D eigenvalue weighted by Crippen LogP contribution is 2.24. The molecule has 0 bridgehead atoms. The minimum Gasteiger partial charge on any atom is -0.339 e. The maximum absolute atomic E-state index is 12.4. The molecule has 1 aromatic carbocycles. The van der Waals surface area contributed by atoms with Gasteiger partial charge in [0.25, 0.3) is 5.91 Å². The monoisotopic (exact) mass is 293 g/mol. The standard InChI is InChI=1S/C17H24ClNO/c1-17(2,3)15-6-4-14(5-7-15)16(20)19-10-8-13(12-18)9-11-19/h4-7,13H,8-12H2,1-3H3. The number of hydrogen-bond donors (Lipinski definition) is 0. The average Bonchev–Trinajstić information content (AvgIpc) is 2.46. The van der Waals surface area contributed by atoms with E-state index in [4.69, 9.17) is 11.6 Å². The largest absolute Gasteiger partial charge is 0.339 e. The Labute approximate surface area is 127 Å². The SMILES string of the molecule is CC(C)(C)c1ccc(C(=O)N2CCC(CCl)CC2)cc1. The van der Waals surface area contributed by atoms with Gasteiger partial charge in [-0.05, 0) is 41.9 Å². The zero-order valence-corrected chi connectivity index (χ0v) is 13.4. The third-order valence-electron chi connectivity index (χ3n) is 4.12. The number of benzene rings is 1. The average molecular weight is 294 g/mol. The molecule has 1 heterocycles. The molecule has 20 heavy (non-hydrogen) atoms. The minimum atomic E-state index is 0.125. The highest BCUT2D eigenvalue weighted by Gasteiger charge is 2.23. The molecule has 1 saturated heterocycles. The van der Waals surface area contributed by atoms with E-state index >= 15 is 0 Å². The van der Waals surface area contributed by atoms with Crippen LogP contribution in [-0.4, -0.2) is 29.8 Å². The highest BCUT2D eigenvalue weighted by molar-refractivity contribution is 6.18. The van der Waals surface area contributed by atoms with Crippen molar-refractivity contribution in [2.45, 2.75) is 39.0 Å². The van der Waals surface area contributed by atoms with Crippen LogP contribution in [0.3, 0.4) is 0 Å². The molecular weight excluding hydrogens is 270 g/mol. The molecule has 0 N–H and O–H groups in total. The van der Waals surface area contributed by atoms with Crippen molar-refractivity contribution in [1.82, 2.24) is 4.90 Å². The first-order valence-corrected chi connectivity index (χ1v) is 7.91. The summed E-state index contributed by atoms with van der Waals surface area (Å²) in [6.07, 6.45) is 2.05. The molecule has 0 radical (unpaired) electrons. The molecule has 2 nitrogen and oxygen atoms in total. The lowest BCUT2D eigenvalue weighted by atomic mass is 9.86. The second kappa shape index (κ2) is 6.17. The Morgan fingerprint density at radius 2 is 1.75 bits per heavy atom. The molecule has 1 aromatic rings. The van der Waals surface area contributed by atoms with Crippen molar-refractivity contribution in [3.8, 4) is 0 Å². The van der Waals surface area contributed by atoms with Gasteiger partial charge in [-0.15, -0.1) is 11.6 Å². The van der Waals surface area contributed by atoms with Gasteiger partial charge in [0.2, 0.25) is 0 Å². The number of nitrogens with zero attached hydrogens (tertiary/aromatic N) is 1. The number of hydrogen-bond acceptors (Lipinski definition) is 1. The smallest absolute Gasteiger partial charge is 0.253 e. The Bertz CT molecular complexity index is 453. The van der Waals surface area contributed by atoms with Crippen molar-refractivity contribution in [2.24, 2.45) is 5.92 Å². The van der Waals surface area contributed by atoms with Crippen molar-refractivity contribution in [2.75, 3.05) is 19.0 Å². The summed E-state index contributed by atoms with van der Waals surface area (Å²) in [5, 5.41) is 0. The van der Waals surface area contributed by atoms with Crippen molar-refractivity contribution >= 4 is 17.5 Å². The summed E-state index contributed by atoms with van der Waals surface area (Å²) in [6, 6.07) is 8.05. The van der Waals surface area contributed by atoms with E-state index in [-0.39, 0.29) is 11.3 Å². The summed E-state index contributed by atoms with van der Waals surface area (Å²) < 4.78 is 0. The Morgan fingerprint density at radius 1 is 1.20 bits per heavy atom. The predicted octanol–water partition coefficient (Wildman–Crippen LogP) is 4.08. The molecule has 0 spiro atoms. The fourth-order valence-electron chi connectivity index (χ4n) is 2.59. The Balaban J connectivity index is 2.03. The van der Waals surface area contributed by atoms with Gasteiger partial charge in [0, 0.05) is 24.5 Å². The number of amides is 1. The third-order valence-corrected chi connectivity index (χ3v) is 4.55. The molecule has 0 aromatic heterocycles. The summed E-state index contributed by atoms with van der Waals surface area (Å²) in [5.74, 6) is 1.44. The van der Waals surface area contributed by atoms with Crippen molar-refractivity contribution in [1.29, 1.82) is 0 Å². The number of likely N-dealkylation sites (tertiary alicyclic amines) is 1. The zero-order valence-electron chi connectivity index (χ0n) is 12.7. The van der Waals surface area contributed by atoms with Crippen LogP contribution in [0.4, 0.5) is 0 Å². The van der Waals surface area contributed by atoms with Crippen molar-refractivity contribution in [3.05, 3.63) is 35.4 Å². The summed E-state index contributed by atoms with van der Waals surface area (Å²) in [7, 11) is 0. The number of piperidine rings is 1. The molecule has 0 saturated carbocycles. The first kappa shape index (κ1) is 15.4. The predicted molar refractivity (Wildman–Crippen MR) is 84.5 cm³/mol. The van der Waals surface area contributed by atoms with E-state index in [2.05, 4.69) is 32.9 Å². The lowest BCUT2D eigenvalue weighted by Gasteiger charge is -2.31. The molecule has 1 amide bonds. The van der Waals surface area contributed by atoms with E-state index in [0.717, 1.165) is 31.5 Å². The lowest BCUT2D eigenvalue weighted by molar-refractivity contribution is 0.0698. The summed E-state index contributed by atoms with van der Waals surface area (Å²) in [4.78, 5) is 14.4. The maximum atomic E-state index is 12.4. The van der Waals surface area contributed by atoms with Gasteiger partial charge < -0.3 is 4.90 Å². The van der Waals surface area contributed by atoms with E-state index in [1.807, 2.05) is 17.0 Å². The molecule has 3 heteroatoms. The Hall–Kier alpha value is -1.02. The van der Waals surface area contributed by atoms with Crippen LogP contribution in [-0.2, 0) is 5.41 Å². The van der Waals surface area contributed by atoms with Gasteiger partial charge in [0.05, 0.1) is 0 Å². The normalized spacial score (nSPS) is 17.3. The van der Waals surface area contributed by atoms with Crippen LogP contribution in [0.25, 0.3) is 0 Å². The molecule has 110 valence electrons. The molecule has 0 unspecified atom stereocenters. The van der Waals surface area contributed by atoms with Crippen LogP contribution < -0.4 is 0 Å². The van der Waals surface area contributed by atoms with E-state index in [1.165, 1.54) is 5.56 Å². The van der Waals surface area contributed by atoms with Gasteiger partial charge in [0.1, 0.15) is 0 Å². The molecular formula is C17H24ClNO. The van der Waals surface area contributed by atoms with Crippen LogP contribution in [0, 0.1) is 5.92 Å². The summed E-state index contributed by atoms with van der Waals surface area (Å²) in [6.45, 7) is 8.21. The lowest BCUT2D eigenvalue weighted by Crippen LogP contribution is -2.38. The van der Waals surface area contributed by atoms with Gasteiger partial charge in [-0.25, -0.2) is 0 Å². The minimum absolute atomic E-state index is 0.125. The number of carbonyl (C=O) groups is 1. The third kappa shape index (κ3) is 3.54. The first-order valence-electron chi connectivity index (χ1n) is 7.37.